The van der Waals surface area contributed by atoms with Crippen molar-refractivity contribution >= 4 is 11.9 Å². The summed E-state index contributed by atoms with van der Waals surface area (Å²) in [5.41, 5.74) is 1.96. The topological polar surface area (TPSA) is 55.8 Å². The Morgan fingerprint density at radius 3 is 2.57 bits per heavy atom. The number of benzene rings is 1. The highest BCUT2D eigenvalue weighted by molar-refractivity contribution is 5.78. The molecule has 0 heterocycles. The molecule has 0 saturated heterocycles. The highest BCUT2D eigenvalue weighted by Crippen LogP contribution is 2.19. The number of nitrogens with zero attached hydrogens (tertiary/aromatic N) is 1. The lowest BCUT2D eigenvalue weighted by Crippen LogP contribution is -2.29. The van der Waals surface area contributed by atoms with Crippen LogP contribution in [0.5, 0.6) is 5.75 Å². The van der Waals surface area contributed by atoms with E-state index in [0.29, 0.717) is 25.8 Å². The molecule has 0 saturated carbocycles. The van der Waals surface area contributed by atoms with E-state index in [1.807, 2.05) is 25.1 Å². The number of carbonyl (C=O) groups is 2. The number of aryl methyl sites for hydroxylation is 1. The zero-order valence-electron chi connectivity index (χ0n) is 13.1. The largest absolute Gasteiger partial charge is 0.496 e. The maximum Gasteiger partial charge on any atom is 0.305 e. The van der Waals surface area contributed by atoms with Crippen LogP contribution in [0.4, 0.5) is 0 Å². The molecule has 0 N–H and O–H groups in total. The summed E-state index contributed by atoms with van der Waals surface area (Å²) in [6, 6.07) is 5.76. The van der Waals surface area contributed by atoms with Gasteiger partial charge in [0, 0.05) is 20.0 Å². The Hall–Kier alpha value is -2.04. The van der Waals surface area contributed by atoms with Crippen LogP contribution in [-0.4, -0.2) is 44.6 Å². The second-order valence-electron chi connectivity index (χ2n) is 4.98. The minimum atomic E-state index is -0.251. The number of hydrogen-bond acceptors (Lipinski definition) is 4. The van der Waals surface area contributed by atoms with Crippen molar-refractivity contribution in [2.75, 3.05) is 27.8 Å². The van der Waals surface area contributed by atoms with E-state index in [0.717, 1.165) is 16.9 Å². The van der Waals surface area contributed by atoms with Gasteiger partial charge in [0.2, 0.25) is 5.91 Å². The minimum Gasteiger partial charge on any atom is -0.496 e. The first-order valence-electron chi connectivity index (χ1n) is 6.92. The molecule has 0 bridgehead atoms. The Balaban J connectivity index is 2.50. The Bertz CT molecular complexity index is 499. The van der Waals surface area contributed by atoms with Gasteiger partial charge in [0.05, 0.1) is 20.6 Å². The molecule has 1 aromatic rings. The molecule has 0 aliphatic carbocycles. The third kappa shape index (κ3) is 5.45. The highest BCUT2D eigenvalue weighted by atomic mass is 16.5. The van der Waals surface area contributed by atoms with Crippen LogP contribution < -0.4 is 4.74 Å². The molecule has 1 aromatic carbocycles. The molecule has 0 spiro atoms. The Labute approximate surface area is 125 Å². The van der Waals surface area contributed by atoms with Crippen molar-refractivity contribution in [3.8, 4) is 5.75 Å². The maximum atomic E-state index is 12.1. The zero-order valence-corrected chi connectivity index (χ0v) is 13.1. The van der Waals surface area contributed by atoms with Gasteiger partial charge >= 0.3 is 5.97 Å². The van der Waals surface area contributed by atoms with E-state index >= 15 is 0 Å². The first-order chi connectivity index (χ1) is 9.97. The SMILES string of the molecule is COC(=O)CCCN(C)C(=O)Cc1ccc(C)c(OC)c1. The van der Waals surface area contributed by atoms with Gasteiger partial charge in [-0.15, -0.1) is 0 Å². The van der Waals surface area contributed by atoms with Crippen LogP contribution in [0.1, 0.15) is 24.0 Å². The summed E-state index contributed by atoms with van der Waals surface area (Å²) < 4.78 is 9.82. The second-order valence-corrected chi connectivity index (χ2v) is 4.98. The van der Waals surface area contributed by atoms with Crippen LogP contribution in [0.3, 0.4) is 0 Å². The minimum absolute atomic E-state index is 0.0192. The second kappa shape index (κ2) is 8.29. The van der Waals surface area contributed by atoms with Crippen LogP contribution in [0.2, 0.25) is 0 Å². The van der Waals surface area contributed by atoms with Crippen molar-refractivity contribution in [1.29, 1.82) is 0 Å². The lowest BCUT2D eigenvalue weighted by atomic mass is 10.1. The van der Waals surface area contributed by atoms with Gasteiger partial charge in [0.1, 0.15) is 5.75 Å². The molecule has 0 aromatic heterocycles. The number of hydrogen-bond donors (Lipinski definition) is 0. The van der Waals surface area contributed by atoms with Crippen molar-refractivity contribution in [3.63, 3.8) is 0 Å². The first kappa shape index (κ1) is 17.0. The normalized spacial score (nSPS) is 10.1. The number of likely N-dealkylation sites (N-methyl/N-ethyl adjacent to an activating group) is 1. The van der Waals surface area contributed by atoms with Gasteiger partial charge < -0.3 is 14.4 Å². The zero-order chi connectivity index (χ0) is 15.8. The van der Waals surface area contributed by atoms with Crippen LogP contribution in [0.15, 0.2) is 18.2 Å². The Morgan fingerprint density at radius 2 is 1.95 bits per heavy atom. The fourth-order valence-electron chi connectivity index (χ4n) is 1.97. The van der Waals surface area contributed by atoms with Gasteiger partial charge in [0.15, 0.2) is 0 Å². The number of rotatable bonds is 7. The molecular formula is C16H23NO4. The molecule has 1 amide bonds. The average Bonchev–Trinajstić information content (AvgIpc) is 2.48. The molecule has 0 aliphatic rings. The number of esters is 1. The predicted octanol–water partition coefficient (Wildman–Crippen LogP) is 1.96. The molecule has 0 fully saturated rings. The lowest BCUT2D eigenvalue weighted by Gasteiger charge is -2.17. The lowest BCUT2D eigenvalue weighted by molar-refractivity contribution is -0.141. The third-order valence-electron chi connectivity index (χ3n) is 3.36. The number of carbonyl (C=O) groups excluding carboxylic acids is 2. The van der Waals surface area contributed by atoms with Crippen molar-refractivity contribution in [2.45, 2.75) is 26.2 Å². The summed E-state index contributed by atoms with van der Waals surface area (Å²) in [5.74, 6) is 0.554. The van der Waals surface area contributed by atoms with E-state index in [-0.39, 0.29) is 11.9 Å². The van der Waals surface area contributed by atoms with Gasteiger partial charge in [-0.1, -0.05) is 12.1 Å². The van der Waals surface area contributed by atoms with Gasteiger partial charge in [-0.2, -0.15) is 0 Å². The summed E-state index contributed by atoms with van der Waals surface area (Å²) in [7, 11) is 4.72. The van der Waals surface area contributed by atoms with E-state index < -0.39 is 0 Å². The van der Waals surface area contributed by atoms with Gasteiger partial charge in [0.25, 0.3) is 0 Å². The van der Waals surface area contributed by atoms with E-state index in [4.69, 9.17) is 4.74 Å². The van der Waals surface area contributed by atoms with Crippen LogP contribution in [-0.2, 0) is 20.7 Å². The van der Waals surface area contributed by atoms with Crippen LogP contribution in [0.25, 0.3) is 0 Å². The van der Waals surface area contributed by atoms with Gasteiger partial charge in [-0.25, -0.2) is 0 Å². The molecular weight excluding hydrogens is 270 g/mol. The fraction of sp³-hybridized carbons (Fsp3) is 0.500. The highest BCUT2D eigenvalue weighted by Gasteiger charge is 2.11. The molecule has 0 aliphatic heterocycles. The van der Waals surface area contributed by atoms with E-state index in [1.54, 1.807) is 19.1 Å². The fourth-order valence-corrected chi connectivity index (χ4v) is 1.97. The summed E-state index contributed by atoms with van der Waals surface area (Å²) >= 11 is 0. The molecule has 0 radical (unpaired) electrons. The molecule has 0 atom stereocenters. The number of methoxy groups -OCH3 is 2. The standard InChI is InChI=1S/C16H23NO4/c1-12-7-8-13(10-14(12)20-3)11-15(18)17(2)9-5-6-16(19)21-4/h7-8,10H,5-6,9,11H2,1-4H3. The third-order valence-corrected chi connectivity index (χ3v) is 3.36. The van der Waals surface area contributed by atoms with Crippen molar-refractivity contribution < 1.29 is 19.1 Å². The first-order valence-corrected chi connectivity index (χ1v) is 6.92. The Kier molecular flexibility index (Phi) is 6.72. The molecule has 21 heavy (non-hydrogen) atoms. The smallest absolute Gasteiger partial charge is 0.305 e. The predicted molar refractivity (Wildman–Crippen MR) is 80.3 cm³/mol. The van der Waals surface area contributed by atoms with E-state index in [9.17, 15) is 9.59 Å². The molecule has 5 heteroatoms. The molecule has 1 rings (SSSR count). The monoisotopic (exact) mass is 293 g/mol. The van der Waals surface area contributed by atoms with Gasteiger partial charge in [-0.05, 0) is 30.5 Å². The van der Waals surface area contributed by atoms with Crippen molar-refractivity contribution in [1.82, 2.24) is 4.90 Å². The van der Waals surface area contributed by atoms with E-state index in [1.165, 1.54) is 7.11 Å². The summed E-state index contributed by atoms with van der Waals surface area (Å²) in [6.07, 6.45) is 1.25. The molecule has 116 valence electrons. The molecule has 0 unspecified atom stereocenters. The van der Waals surface area contributed by atoms with Crippen molar-refractivity contribution in [3.05, 3.63) is 29.3 Å². The molecule has 5 nitrogen and oxygen atoms in total. The quantitative estimate of drug-likeness (QED) is 0.721. The summed E-state index contributed by atoms with van der Waals surface area (Å²) in [4.78, 5) is 24.8. The van der Waals surface area contributed by atoms with Crippen LogP contribution in [0, 0.1) is 6.92 Å². The Morgan fingerprint density at radius 1 is 1.24 bits per heavy atom. The van der Waals surface area contributed by atoms with Crippen molar-refractivity contribution in [2.24, 2.45) is 0 Å². The summed E-state index contributed by atoms with van der Waals surface area (Å²) in [6.45, 7) is 2.50. The number of ether oxygens (including phenoxy) is 2. The van der Waals surface area contributed by atoms with Crippen LogP contribution >= 0.6 is 0 Å². The van der Waals surface area contributed by atoms with E-state index in [2.05, 4.69) is 4.74 Å². The average molecular weight is 293 g/mol. The number of amides is 1. The maximum absolute atomic E-state index is 12.1. The summed E-state index contributed by atoms with van der Waals surface area (Å²) in [5, 5.41) is 0. The van der Waals surface area contributed by atoms with Gasteiger partial charge in [-0.3, -0.25) is 9.59 Å².